The Labute approximate surface area is 100 Å². The summed E-state index contributed by atoms with van der Waals surface area (Å²) in [5.41, 5.74) is 1.47. The fourth-order valence-electron chi connectivity index (χ4n) is 1.24. The summed E-state index contributed by atoms with van der Waals surface area (Å²) in [5.74, 6) is 0.724. The van der Waals surface area contributed by atoms with E-state index in [1.54, 1.807) is 20.2 Å². The average Bonchev–Trinajstić information content (AvgIpc) is 2.35. The quantitative estimate of drug-likeness (QED) is 0.740. The van der Waals surface area contributed by atoms with Crippen LogP contribution >= 0.6 is 11.6 Å². The van der Waals surface area contributed by atoms with Gasteiger partial charge < -0.3 is 4.74 Å². The molecule has 0 fully saturated rings. The highest BCUT2D eigenvalue weighted by Gasteiger charge is 2.06. The van der Waals surface area contributed by atoms with Gasteiger partial charge >= 0.3 is 0 Å². The van der Waals surface area contributed by atoms with Gasteiger partial charge in [-0.05, 0) is 18.9 Å². The summed E-state index contributed by atoms with van der Waals surface area (Å²) in [4.78, 5) is 7.75. The van der Waals surface area contributed by atoms with E-state index in [2.05, 4.69) is 16.7 Å². The van der Waals surface area contributed by atoms with Crippen LogP contribution in [0.5, 0.6) is 5.75 Å². The molecule has 0 amide bonds. The van der Waals surface area contributed by atoms with Crippen molar-refractivity contribution >= 4 is 29.2 Å². The highest BCUT2D eigenvalue weighted by Crippen LogP contribution is 2.26. The number of allylic oxidation sites excluding steroid dienone is 1. The second-order valence-corrected chi connectivity index (χ2v) is 3.32. The monoisotopic (exact) mass is 236 g/mol. The SMILES string of the molecule is C=N/C(=C\C(Cl)=NC)c1ccccc1OC. The van der Waals surface area contributed by atoms with Gasteiger partial charge in [0.2, 0.25) is 0 Å². The van der Waals surface area contributed by atoms with E-state index in [4.69, 9.17) is 16.3 Å². The van der Waals surface area contributed by atoms with E-state index >= 15 is 0 Å². The predicted octanol–water partition coefficient (Wildman–Crippen LogP) is 3.00. The zero-order valence-corrected chi connectivity index (χ0v) is 10.0. The second kappa shape index (κ2) is 6.08. The Balaban J connectivity index is 3.23. The first-order chi connectivity index (χ1) is 7.72. The first-order valence-electron chi connectivity index (χ1n) is 4.67. The van der Waals surface area contributed by atoms with Gasteiger partial charge in [-0.3, -0.25) is 9.98 Å². The van der Waals surface area contributed by atoms with Crippen LogP contribution in [0.25, 0.3) is 5.70 Å². The number of nitrogens with zero attached hydrogens (tertiary/aromatic N) is 2. The normalized spacial score (nSPS) is 12.4. The molecule has 0 atom stereocenters. The summed E-state index contributed by atoms with van der Waals surface area (Å²) in [5, 5.41) is 0.369. The number of para-hydroxylation sites is 1. The van der Waals surface area contributed by atoms with Gasteiger partial charge in [-0.15, -0.1) is 0 Å². The molecular weight excluding hydrogens is 224 g/mol. The zero-order valence-electron chi connectivity index (χ0n) is 9.27. The molecule has 0 unspecified atom stereocenters. The molecule has 0 aliphatic carbocycles. The molecule has 0 aromatic heterocycles. The van der Waals surface area contributed by atoms with Crippen LogP contribution in [-0.2, 0) is 0 Å². The smallest absolute Gasteiger partial charge is 0.128 e. The minimum absolute atomic E-state index is 0.369. The maximum atomic E-state index is 5.83. The Kier molecular flexibility index (Phi) is 4.73. The lowest BCUT2D eigenvalue weighted by molar-refractivity contribution is 0.413. The lowest BCUT2D eigenvalue weighted by atomic mass is 10.1. The molecule has 84 valence electrons. The van der Waals surface area contributed by atoms with Crippen molar-refractivity contribution in [1.82, 2.24) is 0 Å². The van der Waals surface area contributed by atoms with Gasteiger partial charge in [0.25, 0.3) is 0 Å². The van der Waals surface area contributed by atoms with E-state index in [0.717, 1.165) is 11.3 Å². The van der Waals surface area contributed by atoms with Crippen LogP contribution in [0, 0.1) is 0 Å². The summed E-state index contributed by atoms with van der Waals surface area (Å²) in [6.45, 7) is 3.51. The van der Waals surface area contributed by atoms with Crippen LogP contribution in [0.1, 0.15) is 5.56 Å². The fourth-order valence-corrected chi connectivity index (χ4v) is 1.35. The van der Waals surface area contributed by atoms with Gasteiger partial charge in [0.1, 0.15) is 10.9 Å². The van der Waals surface area contributed by atoms with Crippen molar-refractivity contribution in [2.75, 3.05) is 14.2 Å². The zero-order chi connectivity index (χ0) is 12.0. The van der Waals surface area contributed by atoms with Crippen molar-refractivity contribution in [3.05, 3.63) is 35.9 Å². The third-order valence-corrected chi connectivity index (χ3v) is 2.30. The molecule has 0 saturated carbocycles. The molecule has 0 heterocycles. The predicted molar refractivity (Wildman–Crippen MR) is 69.7 cm³/mol. The van der Waals surface area contributed by atoms with Crippen molar-refractivity contribution in [3.63, 3.8) is 0 Å². The van der Waals surface area contributed by atoms with Crippen LogP contribution in [-0.4, -0.2) is 26.0 Å². The summed E-state index contributed by atoms with van der Waals surface area (Å²) in [6.07, 6.45) is 1.65. The molecule has 16 heavy (non-hydrogen) atoms. The number of halogens is 1. The minimum atomic E-state index is 0.369. The van der Waals surface area contributed by atoms with Crippen LogP contribution < -0.4 is 4.74 Å². The number of benzene rings is 1. The summed E-state index contributed by atoms with van der Waals surface area (Å²) in [6, 6.07) is 7.52. The standard InChI is InChI=1S/C12H13ClN2O/c1-14-10(8-12(13)15-2)9-6-4-5-7-11(9)16-3/h4-8H,1H2,2-3H3/b10-8-,15-12?. The van der Waals surface area contributed by atoms with Crippen molar-refractivity contribution in [2.45, 2.75) is 0 Å². The Morgan fingerprint density at radius 2 is 2.12 bits per heavy atom. The van der Waals surface area contributed by atoms with Gasteiger partial charge in [0.05, 0.1) is 12.8 Å². The summed E-state index contributed by atoms with van der Waals surface area (Å²) < 4.78 is 5.23. The van der Waals surface area contributed by atoms with Crippen LogP contribution in [0.3, 0.4) is 0 Å². The first-order valence-corrected chi connectivity index (χ1v) is 5.04. The maximum Gasteiger partial charge on any atom is 0.128 e. The molecule has 0 radical (unpaired) electrons. The van der Waals surface area contributed by atoms with Gasteiger partial charge in [-0.1, -0.05) is 23.7 Å². The van der Waals surface area contributed by atoms with Gasteiger partial charge in [-0.2, -0.15) is 0 Å². The van der Waals surface area contributed by atoms with Crippen LogP contribution in [0.15, 0.2) is 40.3 Å². The number of hydrogen-bond acceptors (Lipinski definition) is 3. The van der Waals surface area contributed by atoms with E-state index in [0.29, 0.717) is 10.9 Å². The number of methoxy groups -OCH3 is 1. The number of rotatable bonds is 4. The topological polar surface area (TPSA) is 34.0 Å². The molecule has 1 aromatic rings. The fraction of sp³-hybridized carbons (Fsp3) is 0.167. The molecule has 1 rings (SSSR count). The molecule has 1 aromatic carbocycles. The Morgan fingerprint density at radius 1 is 1.44 bits per heavy atom. The van der Waals surface area contributed by atoms with Crippen molar-refractivity contribution in [3.8, 4) is 5.75 Å². The van der Waals surface area contributed by atoms with E-state index in [1.165, 1.54) is 0 Å². The van der Waals surface area contributed by atoms with E-state index < -0.39 is 0 Å². The molecule has 0 aliphatic rings. The van der Waals surface area contributed by atoms with E-state index in [-0.39, 0.29) is 0 Å². The molecule has 3 nitrogen and oxygen atoms in total. The molecule has 0 bridgehead atoms. The highest BCUT2D eigenvalue weighted by molar-refractivity contribution is 6.68. The highest BCUT2D eigenvalue weighted by atomic mass is 35.5. The second-order valence-electron chi connectivity index (χ2n) is 2.93. The minimum Gasteiger partial charge on any atom is -0.496 e. The Bertz CT molecular complexity index is 438. The molecular formula is C12H13ClN2O. The number of ether oxygens (including phenoxy) is 1. The van der Waals surface area contributed by atoms with Gasteiger partial charge in [0.15, 0.2) is 0 Å². The van der Waals surface area contributed by atoms with Crippen LogP contribution in [0.2, 0.25) is 0 Å². The lowest BCUT2D eigenvalue weighted by Crippen LogP contribution is -1.91. The number of hydrogen-bond donors (Lipinski definition) is 0. The van der Waals surface area contributed by atoms with Gasteiger partial charge in [-0.25, -0.2) is 0 Å². The first kappa shape index (κ1) is 12.5. The number of aliphatic imine (C=N–C) groups is 2. The van der Waals surface area contributed by atoms with Crippen molar-refractivity contribution < 1.29 is 4.74 Å². The van der Waals surface area contributed by atoms with Crippen molar-refractivity contribution in [2.24, 2.45) is 9.98 Å². The third-order valence-electron chi connectivity index (χ3n) is 2.02. The van der Waals surface area contributed by atoms with Gasteiger partial charge in [0, 0.05) is 18.7 Å². The summed E-state index contributed by atoms with van der Waals surface area (Å²) >= 11 is 5.83. The largest absolute Gasteiger partial charge is 0.496 e. The van der Waals surface area contributed by atoms with E-state index in [9.17, 15) is 0 Å². The molecule has 4 heteroatoms. The summed E-state index contributed by atoms with van der Waals surface area (Å²) in [7, 11) is 3.22. The molecule has 0 spiro atoms. The van der Waals surface area contributed by atoms with Crippen LogP contribution in [0.4, 0.5) is 0 Å². The average molecular weight is 237 g/mol. The molecule has 0 N–H and O–H groups in total. The van der Waals surface area contributed by atoms with Crippen molar-refractivity contribution in [1.29, 1.82) is 0 Å². The third kappa shape index (κ3) is 2.94. The molecule has 0 saturated heterocycles. The maximum absolute atomic E-state index is 5.83. The van der Waals surface area contributed by atoms with E-state index in [1.807, 2.05) is 24.3 Å². The molecule has 0 aliphatic heterocycles. The lowest BCUT2D eigenvalue weighted by Gasteiger charge is -2.07. The Morgan fingerprint density at radius 3 is 2.69 bits per heavy atom. The Hall–Kier alpha value is -1.61.